The zero-order chi connectivity index (χ0) is 31.9. The Morgan fingerprint density at radius 1 is 0.717 bits per heavy atom. The molecule has 3 N–H and O–H groups in total. The lowest BCUT2D eigenvalue weighted by Crippen LogP contribution is -2.13. The average molecular weight is 611 g/mol. The first-order valence-electron chi connectivity index (χ1n) is 14.0. The molecule has 1 amide bonds. The van der Waals surface area contributed by atoms with E-state index in [9.17, 15) is 9.59 Å². The van der Waals surface area contributed by atoms with Gasteiger partial charge in [-0.05, 0) is 72.8 Å². The minimum atomic E-state index is -0.990. The van der Waals surface area contributed by atoms with Gasteiger partial charge < -0.3 is 20.5 Å². The number of aromatic nitrogens is 6. The number of carbonyl (C=O) groups is 2. The average Bonchev–Trinajstić information content (AvgIpc) is 3.54. The Morgan fingerprint density at radius 3 is 1.96 bits per heavy atom. The number of nitrogens with one attached hydrogen (secondary N) is 2. The highest BCUT2D eigenvalue weighted by atomic mass is 16.5. The van der Waals surface area contributed by atoms with Gasteiger partial charge in [-0.3, -0.25) is 9.78 Å². The van der Waals surface area contributed by atoms with Crippen molar-refractivity contribution in [2.24, 2.45) is 0 Å². The first-order chi connectivity index (χ1) is 22.5. The van der Waals surface area contributed by atoms with Crippen LogP contribution in [0.4, 0.5) is 17.2 Å². The molecule has 0 atom stereocenters. The van der Waals surface area contributed by atoms with Gasteiger partial charge in [-0.1, -0.05) is 36.4 Å². The predicted octanol–water partition coefficient (Wildman–Crippen LogP) is 6.12. The van der Waals surface area contributed by atoms with Gasteiger partial charge in [-0.25, -0.2) is 9.78 Å². The zero-order valence-electron chi connectivity index (χ0n) is 24.4. The molecule has 4 aromatic heterocycles. The fourth-order valence-electron chi connectivity index (χ4n) is 4.55. The summed E-state index contributed by atoms with van der Waals surface area (Å²) in [5.74, 6) is 0.786. The molecule has 12 nitrogen and oxygen atoms in total. The van der Waals surface area contributed by atoms with Gasteiger partial charge in [0.2, 0.25) is 0 Å². The summed E-state index contributed by atoms with van der Waals surface area (Å²) in [7, 11) is 1.63. The first kappa shape index (κ1) is 29.4. The molecule has 0 aliphatic heterocycles. The molecule has 46 heavy (non-hydrogen) atoms. The lowest BCUT2D eigenvalue weighted by atomic mass is 10.1. The lowest BCUT2D eigenvalue weighted by molar-refractivity contribution is 0.0690. The largest absolute Gasteiger partial charge is 0.497 e. The van der Waals surface area contributed by atoms with Crippen molar-refractivity contribution in [3.05, 3.63) is 133 Å². The molecule has 7 aromatic rings. The number of carboxylic acid groups (broad SMARTS) is 1. The lowest BCUT2D eigenvalue weighted by Gasteiger charge is -2.11. The summed E-state index contributed by atoms with van der Waals surface area (Å²) in [5.41, 5.74) is 3.45. The number of anilines is 3. The Bertz CT molecular complexity index is 2120. The monoisotopic (exact) mass is 610 g/mol. The number of hydrogen-bond acceptors (Lipinski definition) is 9. The maximum Gasteiger partial charge on any atom is 0.354 e. The molecule has 0 aliphatic rings. The van der Waals surface area contributed by atoms with E-state index in [0.29, 0.717) is 28.7 Å². The molecule has 226 valence electrons. The fourth-order valence-corrected chi connectivity index (χ4v) is 4.55. The molecule has 4 heterocycles. The second kappa shape index (κ2) is 13.3. The molecule has 0 radical (unpaired) electrons. The van der Waals surface area contributed by atoms with Crippen molar-refractivity contribution in [1.82, 2.24) is 29.8 Å². The Morgan fingerprint density at radius 2 is 1.35 bits per heavy atom. The van der Waals surface area contributed by atoms with Crippen LogP contribution in [0.5, 0.6) is 5.75 Å². The molecular formula is C34H26N8O4. The van der Waals surface area contributed by atoms with E-state index in [1.165, 1.54) is 12.3 Å². The second-order valence-electron chi connectivity index (χ2n) is 9.77. The van der Waals surface area contributed by atoms with Crippen LogP contribution in [0.25, 0.3) is 27.8 Å². The Balaban J connectivity index is 0.000000358. The highest BCUT2D eigenvalue weighted by Gasteiger charge is 2.16. The maximum absolute atomic E-state index is 12.4. The van der Waals surface area contributed by atoms with E-state index >= 15 is 0 Å². The van der Waals surface area contributed by atoms with Gasteiger partial charge in [0.05, 0.1) is 7.11 Å². The minimum absolute atomic E-state index is 0.0810. The number of ether oxygens (including phenoxy) is 1. The van der Waals surface area contributed by atoms with Gasteiger partial charge in [-0.15, -0.1) is 15.3 Å². The highest BCUT2D eigenvalue weighted by Crippen LogP contribution is 2.30. The number of methoxy groups -OCH3 is 1. The van der Waals surface area contributed by atoms with Crippen LogP contribution in [0.1, 0.15) is 21.0 Å². The Labute approximate surface area is 262 Å². The van der Waals surface area contributed by atoms with Crippen molar-refractivity contribution in [2.75, 3.05) is 17.7 Å². The smallest absolute Gasteiger partial charge is 0.354 e. The standard InChI is InChI=1S/C28H21N7O2.C6H5NO2/c1-37-21-15-9-18(10-16-21)26-32-33-27-23-7-3-2-6-22(23)25(34-35(26)27)30-19-11-13-20(14-12-19)31-28(36)24-8-4-5-17-29-24;8-6(9)5-3-1-2-4-7-5/h2-17H,1H3,(H,30,34)(H,31,36);1-4H,(H,8,9). The summed E-state index contributed by atoms with van der Waals surface area (Å²) >= 11 is 0. The third-order valence-electron chi connectivity index (χ3n) is 6.80. The molecule has 12 heteroatoms. The molecule has 0 unspecified atom stereocenters. The summed E-state index contributed by atoms with van der Waals surface area (Å²) in [6.07, 6.45) is 3.04. The summed E-state index contributed by atoms with van der Waals surface area (Å²) < 4.78 is 7.02. The van der Waals surface area contributed by atoms with Crippen molar-refractivity contribution in [3.8, 4) is 17.1 Å². The number of pyridine rings is 2. The molecule has 0 spiro atoms. The van der Waals surface area contributed by atoms with Crippen LogP contribution in [-0.2, 0) is 0 Å². The van der Waals surface area contributed by atoms with E-state index in [1.807, 2.05) is 72.8 Å². The van der Waals surface area contributed by atoms with Crippen molar-refractivity contribution >= 4 is 45.5 Å². The van der Waals surface area contributed by atoms with E-state index in [0.717, 1.165) is 27.8 Å². The van der Waals surface area contributed by atoms with Crippen LogP contribution < -0.4 is 15.4 Å². The summed E-state index contributed by atoms with van der Waals surface area (Å²) in [5, 5.41) is 30.1. The summed E-state index contributed by atoms with van der Waals surface area (Å²) in [4.78, 5) is 30.2. The van der Waals surface area contributed by atoms with Gasteiger partial charge >= 0.3 is 5.97 Å². The normalized spacial score (nSPS) is 10.5. The maximum atomic E-state index is 12.4. The van der Waals surface area contributed by atoms with Crippen LogP contribution in [0, 0.1) is 0 Å². The number of benzene rings is 3. The van der Waals surface area contributed by atoms with E-state index in [1.54, 1.807) is 48.2 Å². The summed E-state index contributed by atoms with van der Waals surface area (Å²) in [6, 6.07) is 32.9. The van der Waals surface area contributed by atoms with Gasteiger partial charge in [-0.2, -0.15) is 4.52 Å². The zero-order valence-corrected chi connectivity index (χ0v) is 24.4. The van der Waals surface area contributed by atoms with E-state index in [-0.39, 0.29) is 11.6 Å². The number of amides is 1. The van der Waals surface area contributed by atoms with Crippen molar-refractivity contribution < 1.29 is 19.4 Å². The number of aromatic carboxylic acids is 1. The van der Waals surface area contributed by atoms with Crippen LogP contribution >= 0.6 is 0 Å². The van der Waals surface area contributed by atoms with E-state index < -0.39 is 5.97 Å². The molecule has 0 saturated carbocycles. The highest BCUT2D eigenvalue weighted by molar-refractivity contribution is 6.03. The van der Waals surface area contributed by atoms with Crippen LogP contribution in [0.3, 0.4) is 0 Å². The molecular weight excluding hydrogens is 584 g/mol. The molecule has 7 rings (SSSR count). The van der Waals surface area contributed by atoms with Gasteiger partial charge in [0.1, 0.15) is 17.1 Å². The molecule has 0 saturated heterocycles. The first-order valence-corrected chi connectivity index (χ1v) is 14.0. The molecule has 0 aliphatic carbocycles. The van der Waals surface area contributed by atoms with Crippen molar-refractivity contribution in [1.29, 1.82) is 0 Å². The number of carboxylic acids is 1. The van der Waals surface area contributed by atoms with Crippen molar-refractivity contribution in [3.63, 3.8) is 0 Å². The second-order valence-corrected chi connectivity index (χ2v) is 9.77. The Kier molecular flexibility index (Phi) is 8.50. The quantitative estimate of drug-likeness (QED) is 0.192. The van der Waals surface area contributed by atoms with Gasteiger partial charge in [0, 0.05) is 40.1 Å². The van der Waals surface area contributed by atoms with Crippen LogP contribution in [0.15, 0.2) is 122 Å². The fraction of sp³-hybridized carbons (Fsp3) is 0.0294. The van der Waals surface area contributed by atoms with Gasteiger partial charge in [0.15, 0.2) is 17.3 Å². The van der Waals surface area contributed by atoms with E-state index in [2.05, 4.69) is 30.8 Å². The SMILES string of the molecule is COc1ccc(-c2nnc3c4ccccc4c(Nc4ccc(NC(=O)c5ccccn5)cc4)nn23)cc1.O=C(O)c1ccccn1. The minimum Gasteiger partial charge on any atom is -0.497 e. The number of carbonyl (C=O) groups excluding carboxylic acids is 1. The number of rotatable bonds is 7. The topological polar surface area (TPSA) is 157 Å². The molecule has 0 bridgehead atoms. The predicted molar refractivity (Wildman–Crippen MR) is 173 cm³/mol. The Hall–Kier alpha value is -6.69. The third-order valence-corrected chi connectivity index (χ3v) is 6.80. The third kappa shape index (κ3) is 6.45. The number of hydrogen-bond donors (Lipinski definition) is 3. The van der Waals surface area contributed by atoms with Crippen LogP contribution in [-0.4, -0.2) is 53.9 Å². The van der Waals surface area contributed by atoms with Crippen LogP contribution in [0.2, 0.25) is 0 Å². The number of fused-ring (bicyclic) bond motifs is 3. The summed E-state index contributed by atoms with van der Waals surface area (Å²) in [6.45, 7) is 0. The van der Waals surface area contributed by atoms with Crippen molar-refractivity contribution in [2.45, 2.75) is 0 Å². The number of nitrogens with zero attached hydrogens (tertiary/aromatic N) is 6. The van der Waals surface area contributed by atoms with E-state index in [4.69, 9.17) is 14.9 Å². The molecule has 0 fully saturated rings. The van der Waals surface area contributed by atoms with Gasteiger partial charge in [0.25, 0.3) is 5.91 Å². The molecule has 3 aromatic carbocycles.